The molecule has 0 aliphatic carbocycles. The van der Waals surface area contributed by atoms with E-state index < -0.39 is 0 Å². The lowest BCUT2D eigenvalue weighted by atomic mass is 9.95. The monoisotopic (exact) mass is 373 g/mol. The van der Waals surface area contributed by atoms with E-state index in [9.17, 15) is 0 Å². The van der Waals surface area contributed by atoms with Crippen LogP contribution in [0.1, 0.15) is 34.7 Å². The van der Waals surface area contributed by atoms with E-state index in [0.717, 1.165) is 50.0 Å². The molecule has 142 valence electrons. The second-order valence-corrected chi connectivity index (χ2v) is 7.37. The number of fused-ring (bicyclic) bond motifs is 2. The van der Waals surface area contributed by atoms with Crippen LogP contribution in [0, 0.1) is 6.92 Å². The highest BCUT2D eigenvalue weighted by Crippen LogP contribution is 2.29. The molecule has 6 heteroatoms. The average molecular weight is 373 g/mol. The summed E-state index contributed by atoms with van der Waals surface area (Å²) >= 11 is 0. The summed E-state index contributed by atoms with van der Waals surface area (Å²) in [7, 11) is 0. The van der Waals surface area contributed by atoms with E-state index in [2.05, 4.69) is 55.9 Å². The fourth-order valence-electron chi connectivity index (χ4n) is 4.09. The van der Waals surface area contributed by atoms with E-state index >= 15 is 0 Å². The molecule has 0 amide bonds. The number of rotatable bonds is 5. The van der Waals surface area contributed by atoms with Gasteiger partial charge in [-0.05, 0) is 55.5 Å². The molecule has 2 N–H and O–H groups in total. The molecular formula is C22H23N5O. The first-order valence-corrected chi connectivity index (χ1v) is 9.85. The first kappa shape index (κ1) is 17.1. The highest BCUT2D eigenvalue weighted by Gasteiger charge is 2.20. The van der Waals surface area contributed by atoms with Gasteiger partial charge in [0.1, 0.15) is 0 Å². The largest absolute Gasteiger partial charge is 0.361 e. The molecule has 5 rings (SSSR count). The van der Waals surface area contributed by atoms with Crippen LogP contribution in [0.4, 0.5) is 0 Å². The zero-order valence-corrected chi connectivity index (χ0v) is 16.0. The maximum Gasteiger partial charge on any atom is 0.226 e. The van der Waals surface area contributed by atoms with Gasteiger partial charge in [0.05, 0.1) is 0 Å². The first-order valence-electron chi connectivity index (χ1n) is 9.85. The summed E-state index contributed by atoms with van der Waals surface area (Å²) in [5.74, 6) is 1.37. The summed E-state index contributed by atoms with van der Waals surface area (Å²) in [6, 6.07) is 8.40. The number of aromatic nitrogens is 4. The van der Waals surface area contributed by atoms with Crippen molar-refractivity contribution in [2.45, 2.75) is 39.2 Å². The number of nitrogens with one attached hydrogen (secondary N) is 2. The third-order valence-corrected chi connectivity index (χ3v) is 5.54. The number of benzene rings is 1. The maximum atomic E-state index is 5.56. The van der Waals surface area contributed by atoms with Gasteiger partial charge in [0, 0.05) is 47.5 Å². The van der Waals surface area contributed by atoms with Crippen molar-refractivity contribution >= 4 is 10.9 Å². The van der Waals surface area contributed by atoms with Crippen LogP contribution in [0.2, 0.25) is 0 Å². The van der Waals surface area contributed by atoms with E-state index in [1.165, 1.54) is 27.6 Å². The Hall–Kier alpha value is -2.99. The van der Waals surface area contributed by atoms with E-state index in [4.69, 9.17) is 4.52 Å². The van der Waals surface area contributed by atoms with Crippen LogP contribution in [0.5, 0.6) is 0 Å². The van der Waals surface area contributed by atoms with Crippen LogP contribution >= 0.6 is 0 Å². The zero-order chi connectivity index (χ0) is 18.9. The summed E-state index contributed by atoms with van der Waals surface area (Å²) in [5, 5.41) is 8.95. The molecule has 0 atom stereocenters. The third kappa shape index (κ3) is 3.10. The lowest BCUT2D eigenvalue weighted by Gasteiger charge is -2.19. The van der Waals surface area contributed by atoms with E-state index in [0.29, 0.717) is 11.7 Å². The van der Waals surface area contributed by atoms with Crippen molar-refractivity contribution in [3.63, 3.8) is 0 Å². The van der Waals surface area contributed by atoms with Gasteiger partial charge in [0.25, 0.3) is 0 Å². The molecule has 3 aromatic heterocycles. The lowest BCUT2D eigenvalue weighted by molar-refractivity contribution is 0.376. The Kier molecular flexibility index (Phi) is 4.41. The van der Waals surface area contributed by atoms with Crippen molar-refractivity contribution in [3.8, 4) is 11.4 Å². The van der Waals surface area contributed by atoms with Gasteiger partial charge in [-0.15, -0.1) is 0 Å². The molecule has 4 heterocycles. The van der Waals surface area contributed by atoms with E-state index in [1.807, 2.05) is 13.1 Å². The minimum Gasteiger partial charge on any atom is -0.361 e. The fourth-order valence-corrected chi connectivity index (χ4v) is 4.09. The molecule has 0 saturated heterocycles. The molecule has 0 bridgehead atoms. The predicted octanol–water partition coefficient (Wildman–Crippen LogP) is 3.74. The molecule has 0 radical (unpaired) electrons. The molecule has 0 unspecified atom stereocenters. The Labute approximate surface area is 163 Å². The number of aromatic amines is 1. The van der Waals surface area contributed by atoms with Crippen molar-refractivity contribution in [1.29, 1.82) is 0 Å². The number of aryl methyl sites for hydroxylation is 3. The molecule has 0 saturated carbocycles. The molecular weight excluding hydrogens is 350 g/mol. The van der Waals surface area contributed by atoms with Gasteiger partial charge >= 0.3 is 0 Å². The quantitative estimate of drug-likeness (QED) is 0.557. The molecule has 6 nitrogen and oxygen atoms in total. The smallest absolute Gasteiger partial charge is 0.226 e. The minimum atomic E-state index is 0.672. The predicted molar refractivity (Wildman–Crippen MR) is 108 cm³/mol. The summed E-state index contributed by atoms with van der Waals surface area (Å²) in [4.78, 5) is 12.6. The van der Waals surface area contributed by atoms with Crippen molar-refractivity contribution < 1.29 is 4.52 Å². The second-order valence-electron chi connectivity index (χ2n) is 7.37. The van der Waals surface area contributed by atoms with Crippen LogP contribution in [0.25, 0.3) is 22.3 Å². The molecule has 0 spiro atoms. The first-order chi connectivity index (χ1) is 13.8. The number of para-hydroxylation sites is 1. The topological polar surface area (TPSA) is 79.6 Å². The SMILES string of the molecule is Cc1ncc2c(c1-c1noc(CCCc3c[nH]c4ccccc34)n1)CCNC2. The van der Waals surface area contributed by atoms with Crippen LogP contribution in [0.15, 0.2) is 41.2 Å². The average Bonchev–Trinajstić information content (AvgIpc) is 3.35. The van der Waals surface area contributed by atoms with Crippen LogP contribution in [-0.2, 0) is 25.8 Å². The Balaban J connectivity index is 1.32. The Morgan fingerprint density at radius 3 is 3.07 bits per heavy atom. The molecule has 28 heavy (non-hydrogen) atoms. The zero-order valence-electron chi connectivity index (χ0n) is 16.0. The van der Waals surface area contributed by atoms with Gasteiger partial charge < -0.3 is 14.8 Å². The number of pyridine rings is 1. The Morgan fingerprint density at radius 1 is 1.18 bits per heavy atom. The van der Waals surface area contributed by atoms with Crippen LogP contribution in [0.3, 0.4) is 0 Å². The highest BCUT2D eigenvalue weighted by atomic mass is 16.5. The molecule has 4 aromatic rings. The van der Waals surface area contributed by atoms with Gasteiger partial charge in [-0.25, -0.2) is 0 Å². The summed E-state index contributed by atoms with van der Waals surface area (Å²) < 4.78 is 5.56. The minimum absolute atomic E-state index is 0.672. The maximum absolute atomic E-state index is 5.56. The molecule has 1 aromatic carbocycles. The summed E-state index contributed by atoms with van der Waals surface area (Å²) in [6.07, 6.45) is 7.76. The van der Waals surface area contributed by atoms with E-state index in [1.54, 1.807) is 0 Å². The highest BCUT2D eigenvalue weighted by molar-refractivity contribution is 5.83. The Morgan fingerprint density at radius 2 is 2.11 bits per heavy atom. The Bertz CT molecular complexity index is 1130. The van der Waals surface area contributed by atoms with Gasteiger partial charge in [0.15, 0.2) is 0 Å². The second kappa shape index (κ2) is 7.20. The van der Waals surface area contributed by atoms with Gasteiger partial charge in [-0.2, -0.15) is 4.98 Å². The van der Waals surface area contributed by atoms with Gasteiger partial charge in [-0.3, -0.25) is 4.98 Å². The molecule has 0 fully saturated rings. The number of H-pyrrole nitrogens is 1. The van der Waals surface area contributed by atoms with Crippen molar-refractivity contribution in [3.05, 3.63) is 64.9 Å². The van der Waals surface area contributed by atoms with Gasteiger partial charge in [0.2, 0.25) is 11.7 Å². The van der Waals surface area contributed by atoms with Crippen molar-refractivity contribution in [2.24, 2.45) is 0 Å². The van der Waals surface area contributed by atoms with E-state index in [-0.39, 0.29) is 0 Å². The standard InChI is InChI=1S/C22H23N5O/c1-14-21(18-9-10-23-11-16(18)13-24-14)22-26-20(28-27-22)8-4-5-15-12-25-19-7-3-2-6-17(15)19/h2-3,6-7,12-13,23,25H,4-5,8-11H2,1H3. The summed E-state index contributed by atoms with van der Waals surface area (Å²) in [6.45, 7) is 3.84. The fraction of sp³-hybridized carbons (Fsp3) is 0.318. The third-order valence-electron chi connectivity index (χ3n) is 5.54. The van der Waals surface area contributed by atoms with Crippen molar-refractivity contribution in [1.82, 2.24) is 25.4 Å². The molecule has 1 aliphatic heterocycles. The normalized spacial score (nSPS) is 13.8. The number of nitrogens with zero attached hydrogens (tertiary/aromatic N) is 3. The van der Waals surface area contributed by atoms with Crippen molar-refractivity contribution in [2.75, 3.05) is 6.54 Å². The number of hydrogen-bond acceptors (Lipinski definition) is 5. The summed E-state index contributed by atoms with van der Waals surface area (Å²) in [5.41, 5.74) is 7.07. The van der Waals surface area contributed by atoms with Gasteiger partial charge in [-0.1, -0.05) is 23.4 Å². The number of hydrogen-bond donors (Lipinski definition) is 2. The lowest BCUT2D eigenvalue weighted by Crippen LogP contribution is -2.24. The van der Waals surface area contributed by atoms with Crippen LogP contribution < -0.4 is 5.32 Å². The molecule has 1 aliphatic rings. The van der Waals surface area contributed by atoms with Crippen LogP contribution in [-0.4, -0.2) is 26.7 Å².